The van der Waals surface area contributed by atoms with Gasteiger partial charge in [-0.2, -0.15) is 13.2 Å². The van der Waals surface area contributed by atoms with Gasteiger partial charge in [-0.15, -0.1) is 0 Å². The second-order valence-electron chi connectivity index (χ2n) is 8.48. The van der Waals surface area contributed by atoms with E-state index in [0.717, 1.165) is 25.2 Å². The van der Waals surface area contributed by atoms with Crippen molar-refractivity contribution >= 4 is 11.9 Å². The molecule has 1 atom stereocenters. The first-order chi connectivity index (χ1) is 17.2. The third kappa shape index (κ3) is 6.47. The third-order valence-corrected chi connectivity index (χ3v) is 6.27. The van der Waals surface area contributed by atoms with Gasteiger partial charge in [0.1, 0.15) is 6.61 Å². The van der Waals surface area contributed by atoms with E-state index in [9.17, 15) is 22.8 Å². The first kappa shape index (κ1) is 27.7. The lowest BCUT2D eigenvalue weighted by molar-refractivity contribution is -0.141. The number of allylic oxidation sites excluding steroid dienone is 2. The van der Waals surface area contributed by atoms with Crippen molar-refractivity contribution in [2.24, 2.45) is 0 Å². The number of halogens is 3. The topological polar surface area (TPSA) is 77.1 Å². The van der Waals surface area contributed by atoms with Crippen LogP contribution in [-0.4, -0.2) is 62.9 Å². The van der Waals surface area contributed by atoms with Gasteiger partial charge in [0.2, 0.25) is 0 Å². The van der Waals surface area contributed by atoms with Crippen LogP contribution in [0.1, 0.15) is 50.7 Å². The molecule has 1 unspecified atom stereocenters. The minimum absolute atomic E-state index is 0.114. The maximum Gasteiger partial charge on any atom is 0.416 e. The molecule has 0 spiro atoms. The molecule has 1 N–H and O–H groups in total. The van der Waals surface area contributed by atoms with Crippen molar-refractivity contribution in [3.8, 4) is 0 Å². The van der Waals surface area contributed by atoms with Crippen molar-refractivity contribution in [2.45, 2.75) is 45.7 Å². The lowest BCUT2D eigenvalue weighted by Crippen LogP contribution is -2.39. The summed E-state index contributed by atoms with van der Waals surface area (Å²) in [4.78, 5) is 28.6. The van der Waals surface area contributed by atoms with Crippen molar-refractivity contribution in [2.75, 3.05) is 46.1 Å². The van der Waals surface area contributed by atoms with E-state index >= 15 is 0 Å². The molecule has 7 nitrogen and oxygen atoms in total. The Kier molecular flexibility index (Phi) is 9.56. The average molecular weight is 511 g/mol. The monoisotopic (exact) mass is 510 g/mol. The third-order valence-electron chi connectivity index (χ3n) is 6.27. The zero-order chi connectivity index (χ0) is 26.3. The Morgan fingerprint density at radius 3 is 2.03 bits per heavy atom. The maximum absolute atomic E-state index is 13.4. The molecule has 3 rings (SSSR count). The molecule has 2 aliphatic rings. The van der Waals surface area contributed by atoms with Crippen molar-refractivity contribution in [3.05, 3.63) is 57.9 Å². The molecule has 198 valence electrons. The smallest absolute Gasteiger partial charge is 0.416 e. The molecule has 1 fully saturated rings. The lowest BCUT2D eigenvalue weighted by atomic mass is 9.79. The van der Waals surface area contributed by atoms with Gasteiger partial charge >= 0.3 is 18.1 Å². The number of rotatable bonds is 9. The van der Waals surface area contributed by atoms with Crippen LogP contribution in [-0.2, 0) is 30.0 Å². The van der Waals surface area contributed by atoms with Crippen LogP contribution >= 0.6 is 0 Å². The Morgan fingerprint density at radius 2 is 1.53 bits per heavy atom. The van der Waals surface area contributed by atoms with Gasteiger partial charge < -0.3 is 19.5 Å². The number of dihydropyridines is 1. The van der Waals surface area contributed by atoms with E-state index in [0.29, 0.717) is 49.6 Å². The number of hydrogen-bond donors (Lipinski definition) is 1. The highest BCUT2D eigenvalue weighted by molar-refractivity contribution is 6.00. The zero-order valence-corrected chi connectivity index (χ0v) is 20.9. The van der Waals surface area contributed by atoms with Gasteiger partial charge in [0.25, 0.3) is 0 Å². The number of nitrogens with zero attached hydrogens (tertiary/aromatic N) is 1. The number of carbonyl (C=O) groups is 2. The van der Waals surface area contributed by atoms with E-state index < -0.39 is 29.6 Å². The SMILES string of the molecule is CCOC(=O)C1=C(CC)NC(CC)=C(C(=O)OCCN2CCOCC2)C1c1ccc(C(F)(F)F)cc1. The first-order valence-electron chi connectivity index (χ1n) is 12.3. The summed E-state index contributed by atoms with van der Waals surface area (Å²) in [6.07, 6.45) is -3.63. The van der Waals surface area contributed by atoms with Gasteiger partial charge in [0.15, 0.2) is 0 Å². The summed E-state index contributed by atoms with van der Waals surface area (Å²) in [5, 5.41) is 3.20. The Bertz CT molecular complexity index is 996. The maximum atomic E-state index is 13.4. The molecule has 0 bridgehead atoms. The van der Waals surface area contributed by atoms with E-state index in [-0.39, 0.29) is 24.4 Å². The highest BCUT2D eigenvalue weighted by Gasteiger charge is 2.40. The normalized spacial score (nSPS) is 19.2. The molecule has 2 heterocycles. The molecule has 0 saturated carbocycles. The fraction of sp³-hybridized carbons (Fsp3) is 0.538. The van der Waals surface area contributed by atoms with Gasteiger partial charge in [-0.25, -0.2) is 9.59 Å². The molecule has 2 aliphatic heterocycles. The Labute approximate surface area is 209 Å². The molecule has 0 aliphatic carbocycles. The minimum atomic E-state index is -4.51. The van der Waals surface area contributed by atoms with Crippen LogP contribution in [0.4, 0.5) is 13.2 Å². The molecule has 0 aromatic heterocycles. The van der Waals surface area contributed by atoms with Crippen LogP contribution in [0.2, 0.25) is 0 Å². The average Bonchev–Trinajstić information content (AvgIpc) is 2.87. The van der Waals surface area contributed by atoms with Crippen LogP contribution in [0, 0.1) is 0 Å². The Morgan fingerprint density at radius 1 is 0.972 bits per heavy atom. The number of morpholine rings is 1. The van der Waals surface area contributed by atoms with Gasteiger partial charge in [0, 0.05) is 31.0 Å². The number of hydrogen-bond acceptors (Lipinski definition) is 7. The van der Waals surface area contributed by atoms with Crippen molar-refractivity contribution in [3.63, 3.8) is 0 Å². The number of alkyl halides is 3. The molecule has 1 aromatic rings. The molecule has 10 heteroatoms. The summed E-state index contributed by atoms with van der Waals surface area (Å²) in [5.41, 5.74) is 1.12. The van der Waals surface area contributed by atoms with E-state index in [1.54, 1.807) is 6.92 Å². The second kappa shape index (κ2) is 12.4. The highest BCUT2D eigenvalue weighted by Crippen LogP contribution is 2.41. The Balaban J connectivity index is 1.99. The molecular weight excluding hydrogens is 477 g/mol. The summed E-state index contributed by atoms with van der Waals surface area (Å²) < 4.78 is 55.9. The summed E-state index contributed by atoms with van der Waals surface area (Å²) in [7, 11) is 0. The molecular formula is C26H33F3N2O5. The Hall–Kier alpha value is -2.85. The van der Waals surface area contributed by atoms with Crippen LogP contribution in [0.5, 0.6) is 0 Å². The van der Waals surface area contributed by atoms with E-state index in [1.165, 1.54) is 12.1 Å². The number of ether oxygens (including phenoxy) is 3. The van der Waals surface area contributed by atoms with Gasteiger partial charge in [-0.05, 0) is 37.5 Å². The van der Waals surface area contributed by atoms with Crippen LogP contribution in [0.15, 0.2) is 46.8 Å². The number of esters is 2. The molecule has 36 heavy (non-hydrogen) atoms. The second-order valence-corrected chi connectivity index (χ2v) is 8.48. The fourth-order valence-corrected chi connectivity index (χ4v) is 4.43. The van der Waals surface area contributed by atoms with Crippen molar-refractivity contribution in [1.29, 1.82) is 0 Å². The summed E-state index contributed by atoms with van der Waals surface area (Å²) in [6, 6.07) is 4.52. The lowest BCUT2D eigenvalue weighted by Gasteiger charge is -2.32. The zero-order valence-electron chi connectivity index (χ0n) is 20.9. The highest BCUT2D eigenvalue weighted by atomic mass is 19.4. The summed E-state index contributed by atoms with van der Waals surface area (Å²) in [5.74, 6) is -2.16. The minimum Gasteiger partial charge on any atom is -0.463 e. The molecule has 0 radical (unpaired) electrons. The fourth-order valence-electron chi connectivity index (χ4n) is 4.43. The largest absolute Gasteiger partial charge is 0.463 e. The quantitative estimate of drug-likeness (QED) is 0.500. The van der Waals surface area contributed by atoms with Gasteiger partial charge in [-0.3, -0.25) is 4.90 Å². The van der Waals surface area contributed by atoms with Crippen molar-refractivity contribution in [1.82, 2.24) is 10.2 Å². The van der Waals surface area contributed by atoms with Gasteiger partial charge in [-0.1, -0.05) is 26.0 Å². The summed E-state index contributed by atoms with van der Waals surface area (Å²) in [6.45, 7) is 8.88. The number of carbonyl (C=O) groups excluding carboxylic acids is 2. The molecule has 1 aromatic carbocycles. The standard InChI is InChI=1S/C26H33F3N2O5/c1-4-19-22(24(32)35-6-3)21(17-7-9-18(10-8-17)26(27,28)29)23(20(5-2)30-19)25(33)36-16-13-31-11-14-34-15-12-31/h7-10,21,30H,4-6,11-16H2,1-3H3. The van der Waals surface area contributed by atoms with E-state index in [1.807, 2.05) is 13.8 Å². The van der Waals surface area contributed by atoms with E-state index in [4.69, 9.17) is 14.2 Å². The number of nitrogens with one attached hydrogen (secondary N) is 1. The van der Waals surface area contributed by atoms with Crippen LogP contribution < -0.4 is 5.32 Å². The first-order valence-corrected chi connectivity index (χ1v) is 12.3. The van der Waals surface area contributed by atoms with Crippen LogP contribution in [0.25, 0.3) is 0 Å². The molecule has 0 amide bonds. The van der Waals surface area contributed by atoms with Crippen LogP contribution in [0.3, 0.4) is 0 Å². The summed E-state index contributed by atoms with van der Waals surface area (Å²) >= 11 is 0. The van der Waals surface area contributed by atoms with Gasteiger partial charge in [0.05, 0.1) is 42.4 Å². The van der Waals surface area contributed by atoms with E-state index in [2.05, 4.69) is 10.2 Å². The molecule has 1 saturated heterocycles. The predicted octanol–water partition coefficient (Wildman–Crippen LogP) is 4.16. The predicted molar refractivity (Wildman–Crippen MR) is 127 cm³/mol. The number of benzene rings is 1. The van der Waals surface area contributed by atoms with Crippen molar-refractivity contribution < 1.29 is 37.0 Å².